The highest BCUT2D eigenvalue weighted by Gasteiger charge is 2.48. The van der Waals surface area contributed by atoms with Crippen molar-refractivity contribution in [3.8, 4) is 51.0 Å². The zero-order chi connectivity index (χ0) is 35.9. The molecule has 4 heteroatoms. The molecule has 0 spiro atoms. The molecule has 0 saturated heterocycles. The number of hydrogen-bond acceptors (Lipinski definition) is 3. The Morgan fingerprint density at radius 3 is 1.74 bits per heavy atom. The molecule has 10 rings (SSSR count). The lowest BCUT2D eigenvalue weighted by atomic mass is 9.54. The van der Waals surface area contributed by atoms with Crippen molar-refractivity contribution in [2.45, 2.75) is 38.5 Å². The summed E-state index contributed by atoms with van der Waals surface area (Å²) in [4.78, 5) is 15.4. The molecule has 0 amide bonds. The third-order valence-corrected chi connectivity index (χ3v) is 12.0. The van der Waals surface area contributed by atoms with Gasteiger partial charge in [-0.2, -0.15) is 0 Å². The predicted octanol–water partition coefficient (Wildman–Crippen LogP) is 12.4. The van der Waals surface area contributed by atoms with Crippen molar-refractivity contribution in [2.75, 3.05) is 0 Å². The van der Waals surface area contributed by atoms with Crippen molar-refractivity contribution >= 4 is 32.6 Å². The predicted molar refractivity (Wildman–Crippen MR) is 219 cm³/mol. The van der Waals surface area contributed by atoms with Gasteiger partial charge >= 0.3 is 0 Å². The number of rotatable bonds is 4. The van der Waals surface area contributed by atoms with Gasteiger partial charge in [0.15, 0.2) is 17.5 Å². The van der Waals surface area contributed by atoms with E-state index in [1.54, 1.807) is 0 Å². The largest absolute Gasteiger partial charge is 0.308 e. The molecule has 0 atom stereocenters. The van der Waals surface area contributed by atoms with Crippen LogP contribution in [0.1, 0.15) is 38.8 Å². The fourth-order valence-electron chi connectivity index (χ4n) is 8.67. The van der Waals surface area contributed by atoms with Gasteiger partial charge in [-0.05, 0) is 56.6 Å². The third kappa shape index (κ3) is 4.58. The Morgan fingerprint density at radius 2 is 1.02 bits per heavy atom. The van der Waals surface area contributed by atoms with Crippen molar-refractivity contribution in [1.29, 1.82) is 0 Å². The molecule has 0 bridgehead atoms. The Hall–Kier alpha value is -6.39. The van der Waals surface area contributed by atoms with E-state index in [-0.39, 0.29) is 10.8 Å². The number of benzene rings is 7. The van der Waals surface area contributed by atoms with E-state index in [0.29, 0.717) is 17.5 Å². The molecule has 0 N–H and O–H groups in total. The maximum Gasteiger partial charge on any atom is 0.166 e. The first kappa shape index (κ1) is 31.4. The molecule has 0 fully saturated rings. The average Bonchev–Trinajstić information content (AvgIpc) is 3.54. The number of aromatic nitrogens is 4. The molecule has 53 heavy (non-hydrogen) atoms. The van der Waals surface area contributed by atoms with E-state index in [0.717, 1.165) is 27.9 Å². The highest BCUT2D eigenvalue weighted by molar-refractivity contribution is 6.14. The van der Waals surface area contributed by atoms with Gasteiger partial charge < -0.3 is 4.57 Å². The van der Waals surface area contributed by atoms with Crippen LogP contribution in [0.4, 0.5) is 0 Å². The normalized spacial score (nSPS) is 14.3. The number of para-hydroxylation sites is 2. The minimum Gasteiger partial charge on any atom is -0.308 e. The zero-order valence-electron chi connectivity index (χ0n) is 30.3. The van der Waals surface area contributed by atoms with Crippen LogP contribution in [0, 0.1) is 0 Å². The van der Waals surface area contributed by atoms with E-state index in [1.807, 2.05) is 36.4 Å². The average molecular weight is 683 g/mol. The maximum atomic E-state index is 5.20. The lowest BCUT2D eigenvalue weighted by Gasteiger charge is -2.49. The van der Waals surface area contributed by atoms with Crippen LogP contribution in [0.5, 0.6) is 0 Å². The first-order valence-corrected chi connectivity index (χ1v) is 18.4. The minimum atomic E-state index is -0.230. The van der Waals surface area contributed by atoms with E-state index in [1.165, 1.54) is 49.3 Å². The molecular weight excluding hydrogens is 645 g/mol. The second kappa shape index (κ2) is 11.6. The van der Waals surface area contributed by atoms with Crippen LogP contribution in [0.25, 0.3) is 83.6 Å². The molecule has 4 nitrogen and oxygen atoms in total. The molecule has 7 aromatic carbocycles. The highest BCUT2D eigenvalue weighted by atomic mass is 15.1. The second-order valence-electron chi connectivity index (χ2n) is 15.3. The van der Waals surface area contributed by atoms with Crippen molar-refractivity contribution in [3.05, 3.63) is 169 Å². The summed E-state index contributed by atoms with van der Waals surface area (Å²) >= 11 is 0. The summed E-state index contributed by atoms with van der Waals surface area (Å²) in [5.41, 5.74) is 11.3. The topological polar surface area (TPSA) is 43.6 Å². The van der Waals surface area contributed by atoms with Gasteiger partial charge in [0.05, 0.1) is 16.7 Å². The quantitative estimate of drug-likeness (QED) is 0.186. The van der Waals surface area contributed by atoms with Gasteiger partial charge in [0, 0.05) is 32.9 Å². The van der Waals surface area contributed by atoms with Gasteiger partial charge in [0.25, 0.3) is 0 Å². The SMILES string of the molecule is CC1(C)c2ccc3ccccc3c2-c2ccc3c4ccccc4n(-c4ccccc4-c4nc(-c5ccccc5)nc(-c5ccccc5)n4)c3c2C1(C)C. The second-order valence-corrected chi connectivity index (χ2v) is 15.3. The number of hydrogen-bond donors (Lipinski definition) is 0. The van der Waals surface area contributed by atoms with Gasteiger partial charge in [-0.3, -0.25) is 0 Å². The molecule has 2 aromatic heterocycles. The Kier molecular flexibility index (Phi) is 6.84. The standard InChI is InChI=1S/C49H38N4/c1-48(2)39-30-27-31-17-11-12-22-34(31)42(39)38-29-28-36-35-23-13-15-25-40(35)53(44(36)43(38)49(48,3)4)41-26-16-14-24-37(41)47-51-45(32-18-7-5-8-19-32)50-46(52-47)33-20-9-6-10-21-33/h5-30H,1-4H3. The van der Waals surface area contributed by atoms with Gasteiger partial charge in [-0.15, -0.1) is 0 Å². The Labute approximate surface area is 309 Å². The fraction of sp³-hybridized carbons (Fsp3) is 0.122. The first-order valence-electron chi connectivity index (χ1n) is 18.4. The molecule has 1 aliphatic rings. The Bertz CT molecular complexity index is 2820. The summed E-state index contributed by atoms with van der Waals surface area (Å²) in [5, 5.41) is 5.02. The van der Waals surface area contributed by atoms with Crippen LogP contribution in [0.15, 0.2) is 158 Å². The molecule has 0 radical (unpaired) electrons. The Balaban J connectivity index is 1.32. The number of fused-ring (bicyclic) bond motifs is 9. The summed E-state index contributed by atoms with van der Waals surface area (Å²) < 4.78 is 2.49. The van der Waals surface area contributed by atoms with Crippen molar-refractivity contribution in [3.63, 3.8) is 0 Å². The van der Waals surface area contributed by atoms with E-state index < -0.39 is 0 Å². The van der Waals surface area contributed by atoms with Crippen LogP contribution in [-0.4, -0.2) is 19.5 Å². The van der Waals surface area contributed by atoms with Crippen molar-refractivity contribution in [2.24, 2.45) is 0 Å². The molecule has 0 aliphatic heterocycles. The summed E-state index contributed by atoms with van der Waals surface area (Å²) in [6.07, 6.45) is 0. The van der Waals surface area contributed by atoms with E-state index in [2.05, 4.69) is 154 Å². The smallest absolute Gasteiger partial charge is 0.166 e. The zero-order valence-corrected chi connectivity index (χ0v) is 30.3. The lowest BCUT2D eigenvalue weighted by molar-refractivity contribution is 0.301. The molecule has 0 unspecified atom stereocenters. The maximum absolute atomic E-state index is 5.20. The first-order chi connectivity index (χ1) is 25.8. The number of nitrogens with zero attached hydrogens (tertiary/aromatic N) is 4. The lowest BCUT2D eigenvalue weighted by Crippen LogP contribution is -2.44. The summed E-state index contributed by atoms with van der Waals surface area (Å²) in [7, 11) is 0. The van der Waals surface area contributed by atoms with E-state index in [9.17, 15) is 0 Å². The van der Waals surface area contributed by atoms with Gasteiger partial charge in [-0.25, -0.2) is 15.0 Å². The van der Waals surface area contributed by atoms with Gasteiger partial charge in [-0.1, -0.05) is 167 Å². The van der Waals surface area contributed by atoms with Crippen LogP contribution >= 0.6 is 0 Å². The summed E-state index contributed by atoms with van der Waals surface area (Å²) in [6.45, 7) is 9.71. The van der Waals surface area contributed by atoms with Crippen LogP contribution in [0.2, 0.25) is 0 Å². The highest BCUT2D eigenvalue weighted by Crippen LogP contribution is 2.58. The van der Waals surface area contributed by atoms with E-state index in [4.69, 9.17) is 15.0 Å². The van der Waals surface area contributed by atoms with Crippen LogP contribution < -0.4 is 0 Å². The summed E-state index contributed by atoms with van der Waals surface area (Å²) in [6, 6.07) is 56.0. The van der Waals surface area contributed by atoms with Gasteiger partial charge in [0.2, 0.25) is 0 Å². The van der Waals surface area contributed by atoms with Crippen LogP contribution in [-0.2, 0) is 10.8 Å². The Morgan fingerprint density at radius 1 is 0.434 bits per heavy atom. The van der Waals surface area contributed by atoms with Crippen LogP contribution in [0.3, 0.4) is 0 Å². The molecule has 9 aromatic rings. The molecule has 0 saturated carbocycles. The molecule has 1 aliphatic carbocycles. The third-order valence-electron chi connectivity index (χ3n) is 12.0. The monoisotopic (exact) mass is 682 g/mol. The fourth-order valence-corrected chi connectivity index (χ4v) is 8.67. The molecule has 254 valence electrons. The molecular formula is C49H38N4. The van der Waals surface area contributed by atoms with Crippen molar-refractivity contribution in [1.82, 2.24) is 19.5 Å². The molecule has 2 heterocycles. The van der Waals surface area contributed by atoms with Gasteiger partial charge in [0.1, 0.15) is 0 Å². The van der Waals surface area contributed by atoms with E-state index >= 15 is 0 Å². The summed E-state index contributed by atoms with van der Waals surface area (Å²) in [5.74, 6) is 1.94. The minimum absolute atomic E-state index is 0.169. The van der Waals surface area contributed by atoms with Crippen molar-refractivity contribution < 1.29 is 0 Å².